The lowest BCUT2D eigenvalue weighted by Crippen LogP contribution is -1.83. The van der Waals surface area contributed by atoms with Crippen molar-refractivity contribution in [1.29, 1.82) is 0 Å². The Kier molecular flexibility index (Phi) is 4.49. The molecule has 0 aliphatic carbocycles. The van der Waals surface area contributed by atoms with Crippen LogP contribution < -0.4 is 0 Å². The van der Waals surface area contributed by atoms with E-state index < -0.39 is 0 Å². The molecule has 9 heteroatoms. The maximum absolute atomic E-state index is 7.84. The molecule has 9 rings (SSSR count). The predicted molar refractivity (Wildman–Crippen MR) is 162 cm³/mol. The zero-order chi connectivity index (χ0) is 27.8. The zero-order valence-electron chi connectivity index (χ0n) is 21.8. The van der Waals surface area contributed by atoms with Crippen molar-refractivity contribution in [1.82, 2.24) is 39.9 Å². The standard InChI is InChI=1S/C33H17N9/c1-34-24-16-8-15-23-25(24)33-41-31-22-14-7-6-13-21(22)29(39-31)37-27-18-10-3-2-9-17(18)26(35-27)36-28-19-11-4-5-12-20(19)30(38-28)40-32(23)42-33/h2-16H,(H2,35,36,37,38,39,40,41,42). The van der Waals surface area contributed by atoms with Gasteiger partial charge >= 0.3 is 0 Å². The molecule has 0 spiro atoms. The van der Waals surface area contributed by atoms with E-state index in [9.17, 15) is 0 Å². The highest BCUT2D eigenvalue weighted by atomic mass is 15.1. The number of rotatable bonds is 0. The second kappa shape index (κ2) is 8.36. The van der Waals surface area contributed by atoms with Crippen molar-refractivity contribution in [2.45, 2.75) is 0 Å². The van der Waals surface area contributed by atoms with Crippen molar-refractivity contribution < 1.29 is 0 Å². The number of nitrogens with zero attached hydrogens (tertiary/aromatic N) is 7. The van der Waals surface area contributed by atoms with Crippen molar-refractivity contribution in [3.8, 4) is 45.6 Å². The molecule has 8 bridgehead atoms. The quantitative estimate of drug-likeness (QED) is 0.194. The van der Waals surface area contributed by atoms with E-state index in [1.807, 2.05) is 84.9 Å². The highest BCUT2D eigenvalue weighted by Gasteiger charge is 2.22. The van der Waals surface area contributed by atoms with Gasteiger partial charge in [0.15, 0.2) is 29.0 Å². The fourth-order valence-corrected chi connectivity index (χ4v) is 5.77. The molecule has 0 fully saturated rings. The van der Waals surface area contributed by atoms with E-state index in [1.54, 1.807) is 6.07 Å². The molecule has 2 N–H and O–H groups in total. The first-order chi connectivity index (χ1) is 20.7. The van der Waals surface area contributed by atoms with Crippen LogP contribution in [0.1, 0.15) is 0 Å². The van der Waals surface area contributed by atoms with E-state index in [0.29, 0.717) is 57.0 Å². The average molecular weight is 540 g/mol. The van der Waals surface area contributed by atoms with Gasteiger partial charge in [-0.05, 0) is 0 Å². The van der Waals surface area contributed by atoms with Gasteiger partial charge in [-0.2, -0.15) is 0 Å². The Labute approximate surface area is 237 Å². The summed E-state index contributed by atoms with van der Waals surface area (Å²) in [5, 5.41) is 3.31. The molecule has 0 radical (unpaired) electrons. The van der Waals surface area contributed by atoms with Crippen molar-refractivity contribution in [2.24, 2.45) is 0 Å². The largest absolute Gasteiger partial charge is 0.325 e. The third kappa shape index (κ3) is 3.17. The molecule has 5 heterocycles. The molecular formula is C33H17N9. The molecule has 4 aromatic carbocycles. The Morgan fingerprint density at radius 3 is 1.33 bits per heavy atom. The molecule has 0 amide bonds. The first-order valence-electron chi connectivity index (χ1n) is 13.4. The van der Waals surface area contributed by atoms with Gasteiger partial charge in [0.2, 0.25) is 0 Å². The maximum atomic E-state index is 7.84. The topological polar surface area (TPSA) is 113 Å². The van der Waals surface area contributed by atoms with E-state index in [1.165, 1.54) is 0 Å². The summed E-state index contributed by atoms with van der Waals surface area (Å²) in [6.07, 6.45) is 0. The summed E-state index contributed by atoms with van der Waals surface area (Å²) < 4.78 is 0. The van der Waals surface area contributed by atoms with Crippen molar-refractivity contribution >= 4 is 49.8 Å². The Morgan fingerprint density at radius 1 is 0.429 bits per heavy atom. The molecule has 194 valence electrons. The predicted octanol–water partition coefficient (Wildman–Crippen LogP) is 7.42. The maximum Gasteiger partial charge on any atom is 0.198 e. The number of hydrogen-bond acceptors (Lipinski definition) is 6. The molecule has 2 aliphatic heterocycles. The Balaban J connectivity index is 1.53. The summed E-state index contributed by atoms with van der Waals surface area (Å²) in [7, 11) is 0. The van der Waals surface area contributed by atoms with E-state index in [-0.39, 0.29) is 0 Å². The van der Waals surface area contributed by atoms with Gasteiger partial charge in [-0.3, -0.25) is 0 Å². The third-order valence-corrected chi connectivity index (χ3v) is 7.68. The number of nitrogens with one attached hydrogen (secondary N) is 2. The lowest BCUT2D eigenvalue weighted by atomic mass is 10.1. The fraction of sp³-hybridized carbons (Fsp3) is 0. The Bertz CT molecular complexity index is 2490. The molecule has 0 unspecified atom stereocenters. The number of fused-ring (bicyclic) bond motifs is 20. The first-order valence-corrected chi connectivity index (χ1v) is 13.4. The van der Waals surface area contributed by atoms with E-state index in [4.69, 9.17) is 36.5 Å². The molecular weight excluding hydrogens is 522 g/mol. The average Bonchev–Trinajstić information content (AvgIpc) is 3.76. The van der Waals surface area contributed by atoms with Gasteiger partial charge < -0.3 is 9.97 Å². The number of H-pyrrole nitrogens is 2. The first kappa shape index (κ1) is 22.5. The van der Waals surface area contributed by atoms with Crippen molar-refractivity contribution in [3.63, 3.8) is 0 Å². The van der Waals surface area contributed by atoms with Crippen molar-refractivity contribution in [3.05, 3.63) is 102 Å². The highest BCUT2D eigenvalue weighted by Crippen LogP contribution is 2.38. The Hall–Kier alpha value is -6.27. The zero-order valence-corrected chi connectivity index (χ0v) is 21.8. The summed E-state index contributed by atoms with van der Waals surface area (Å²) in [5.41, 5.74) is 6.33. The number of aromatic amines is 2. The number of aromatic nitrogens is 8. The minimum atomic E-state index is 0.476. The van der Waals surface area contributed by atoms with Crippen LogP contribution in [0.4, 0.5) is 5.69 Å². The van der Waals surface area contributed by atoms with Gasteiger partial charge in [0.25, 0.3) is 0 Å². The molecule has 0 saturated carbocycles. The smallest absolute Gasteiger partial charge is 0.198 e. The second-order valence-corrected chi connectivity index (χ2v) is 10.1. The number of benzene rings is 4. The van der Waals surface area contributed by atoms with Crippen LogP contribution >= 0.6 is 0 Å². The summed E-state index contributed by atoms with van der Waals surface area (Å²) in [6, 6.07) is 29.4. The summed E-state index contributed by atoms with van der Waals surface area (Å²) in [6.45, 7) is 7.84. The molecule has 7 aromatic rings. The van der Waals surface area contributed by atoms with Crippen LogP contribution in [0.5, 0.6) is 0 Å². The van der Waals surface area contributed by atoms with Crippen LogP contribution in [0.2, 0.25) is 0 Å². The van der Waals surface area contributed by atoms with Gasteiger partial charge in [-0.15, -0.1) is 0 Å². The van der Waals surface area contributed by atoms with Crippen LogP contribution in [-0.4, -0.2) is 39.9 Å². The molecule has 9 nitrogen and oxygen atoms in total. The van der Waals surface area contributed by atoms with Gasteiger partial charge in [0, 0.05) is 43.8 Å². The fourth-order valence-electron chi connectivity index (χ4n) is 5.77. The molecule has 0 atom stereocenters. The SMILES string of the molecule is [C-]#[N+]c1cccc2c3nc4nc(nc5[nH]c(nc6nc(nc([nH]3)c12)-c1ccccc1-6)c1ccccc51)-c1ccccc1-4. The normalized spacial score (nSPS) is 11.8. The summed E-state index contributed by atoms with van der Waals surface area (Å²) in [4.78, 5) is 40.3. The van der Waals surface area contributed by atoms with Gasteiger partial charge in [0.1, 0.15) is 22.6 Å². The van der Waals surface area contributed by atoms with Gasteiger partial charge in [-0.25, -0.2) is 34.7 Å². The van der Waals surface area contributed by atoms with E-state index in [0.717, 1.165) is 38.4 Å². The second-order valence-electron chi connectivity index (χ2n) is 10.1. The third-order valence-electron chi connectivity index (χ3n) is 7.68. The molecule has 42 heavy (non-hydrogen) atoms. The Morgan fingerprint density at radius 2 is 0.833 bits per heavy atom. The molecule has 3 aromatic heterocycles. The summed E-state index contributed by atoms with van der Waals surface area (Å²) >= 11 is 0. The minimum absolute atomic E-state index is 0.476. The molecule has 2 aliphatic rings. The lowest BCUT2D eigenvalue weighted by molar-refractivity contribution is 1.19. The lowest BCUT2D eigenvalue weighted by Gasteiger charge is -1.96. The van der Waals surface area contributed by atoms with Gasteiger partial charge in [0.05, 0.1) is 6.57 Å². The summed E-state index contributed by atoms with van der Waals surface area (Å²) in [5.74, 6) is 2.13. The monoisotopic (exact) mass is 539 g/mol. The van der Waals surface area contributed by atoms with Crippen LogP contribution in [0.3, 0.4) is 0 Å². The van der Waals surface area contributed by atoms with Crippen LogP contribution in [-0.2, 0) is 0 Å². The number of hydrogen-bond donors (Lipinski definition) is 2. The highest BCUT2D eigenvalue weighted by molar-refractivity contribution is 6.12. The van der Waals surface area contributed by atoms with Crippen LogP contribution in [0.25, 0.3) is 94.5 Å². The van der Waals surface area contributed by atoms with Crippen molar-refractivity contribution in [2.75, 3.05) is 0 Å². The van der Waals surface area contributed by atoms with Crippen LogP contribution in [0, 0.1) is 6.57 Å². The molecule has 0 saturated heterocycles. The van der Waals surface area contributed by atoms with Gasteiger partial charge in [-0.1, -0.05) is 91.0 Å². The van der Waals surface area contributed by atoms with E-state index >= 15 is 0 Å². The van der Waals surface area contributed by atoms with Crippen LogP contribution in [0.15, 0.2) is 91.0 Å². The van der Waals surface area contributed by atoms with E-state index in [2.05, 4.69) is 14.8 Å². The minimum Gasteiger partial charge on any atom is -0.325 e.